The third-order valence-electron chi connectivity index (χ3n) is 2.77. The minimum absolute atomic E-state index is 0.00930. The summed E-state index contributed by atoms with van der Waals surface area (Å²) in [6.45, 7) is 4.90. The third-order valence-corrected chi connectivity index (χ3v) is 3.77. The maximum Gasteiger partial charge on any atom is 0.234 e. The number of thioether (sulfide) groups is 1. The Morgan fingerprint density at radius 1 is 1.42 bits per heavy atom. The average Bonchev–Trinajstić information content (AvgIpc) is 2.86. The van der Waals surface area contributed by atoms with Crippen molar-refractivity contribution in [2.75, 3.05) is 11.1 Å². The normalized spacial score (nSPS) is 10.4. The Morgan fingerprint density at radius 3 is 2.95 bits per heavy atom. The van der Waals surface area contributed by atoms with Crippen LogP contribution in [0.4, 0.5) is 5.69 Å². The van der Waals surface area contributed by atoms with Crippen LogP contribution in [0.5, 0.6) is 0 Å². The Kier molecular flexibility index (Phi) is 4.63. The molecule has 5 heteroatoms. The maximum atomic E-state index is 11.9. The van der Waals surface area contributed by atoms with E-state index in [0.29, 0.717) is 5.75 Å². The van der Waals surface area contributed by atoms with Gasteiger partial charge in [0.1, 0.15) is 0 Å². The number of anilines is 1. The zero-order valence-electron chi connectivity index (χ0n) is 11.1. The highest BCUT2D eigenvalue weighted by Crippen LogP contribution is 2.17. The van der Waals surface area contributed by atoms with Gasteiger partial charge in [0.15, 0.2) is 5.16 Å². The molecule has 0 unspecified atom stereocenters. The van der Waals surface area contributed by atoms with Crippen molar-refractivity contribution in [3.05, 3.63) is 42.2 Å². The van der Waals surface area contributed by atoms with Gasteiger partial charge in [0.2, 0.25) is 5.91 Å². The number of nitrogens with one attached hydrogen (secondary N) is 1. The van der Waals surface area contributed by atoms with E-state index in [1.165, 1.54) is 11.8 Å². The molecule has 19 heavy (non-hydrogen) atoms. The summed E-state index contributed by atoms with van der Waals surface area (Å²) >= 11 is 1.45. The van der Waals surface area contributed by atoms with Gasteiger partial charge in [0.05, 0.1) is 5.75 Å². The van der Waals surface area contributed by atoms with Crippen LogP contribution in [0.2, 0.25) is 0 Å². The topological polar surface area (TPSA) is 46.9 Å². The molecule has 100 valence electrons. The highest BCUT2D eigenvalue weighted by Gasteiger charge is 2.08. The Labute approximate surface area is 117 Å². The minimum atomic E-state index is -0.00930. The molecule has 2 rings (SSSR count). The second-order valence-electron chi connectivity index (χ2n) is 4.15. The maximum absolute atomic E-state index is 11.9. The Bertz CT molecular complexity index is 565. The van der Waals surface area contributed by atoms with Crippen molar-refractivity contribution < 1.29 is 4.79 Å². The van der Waals surface area contributed by atoms with Gasteiger partial charge in [-0.05, 0) is 25.5 Å². The number of amides is 1. The van der Waals surface area contributed by atoms with E-state index in [0.717, 1.165) is 23.0 Å². The number of aryl methyl sites for hydroxylation is 2. The summed E-state index contributed by atoms with van der Waals surface area (Å²) in [5.41, 5.74) is 1.93. The zero-order valence-corrected chi connectivity index (χ0v) is 11.9. The molecule has 1 amide bonds. The van der Waals surface area contributed by atoms with E-state index in [2.05, 4.69) is 17.2 Å². The van der Waals surface area contributed by atoms with Gasteiger partial charge in [-0.25, -0.2) is 4.98 Å². The third kappa shape index (κ3) is 3.61. The van der Waals surface area contributed by atoms with Crippen molar-refractivity contribution in [3.63, 3.8) is 0 Å². The molecule has 0 spiro atoms. The predicted octanol–water partition coefficient (Wildman–Crippen LogP) is 2.94. The molecule has 0 saturated heterocycles. The lowest BCUT2D eigenvalue weighted by Crippen LogP contribution is -2.15. The van der Waals surface area contributed by atoms with E-state index < -0.39 is 0 Å². The van der Waals surface area contributed by atoms with Crippen LogP contribution in [0.15, 0.2) is 41.8 Å². The fraction of sp³-hybridized carbons (Fsp3) is 0.286. The SMILES string of the molecule is CCn1ccnc1SCC(=O)Nc1ccccc1C. The Morgan fingerprint density at radius 2 is 2.21 bits per heavy atom. The molecule has 0 fully saturated rings. The number of hydrogen-bond acceptors (Lipinski definition) is 3. The molecule has 2 aromatic rings. The van der Waals surface area contributed by atoms with E-state index in [1.54, 1.807) is 6.20 Å². The van der Waals surface area contributed by atoms with Crippen LogP contribution < -0.4 is 5.32 Å². The lowest BCUT2D eigenvalue weighted by molar-refractivity contribution is -0.113. The van der Waals surface area contributed by atoms with Crippen LogP contribution in [0.25, 0.3) is 0 Å². The van der Waals surface area contributed by atoms with Crippen LogP contribution in [-0.4, -0.2) is 21.2 Å². The van der Waals surface area contributed by atoms with Crippen molar-refractivity contribution in [2.24, 2.45) is 0 Å². The van der Waals surface area contributed by atoms with Crippen molar-refractivity contribution in [1.82, 2.24) is 9.55 Å². The van der Waals surface area contributed by atoms with E-state index >= 15 is 0 Å². The van der Waals surface area contributed by atoms with Crippen molar-refractivity contribution >= 4 is 23.4 Å². The summed E-state index contributed by atoms with van der Waals surface area (Å²) in [4.78, 5) is 16.1. The first-order valence-corrected chi connectivity index (χ1v) is 7.18. The first kappa shape index (κ1) is 13.7. The molecular formula is C14H17N3OS. The fourth-order valence-electron chi connectivity index (χ4n) is 1.71. The number of aromatic nitrogens is 2. The van der Waals surface area contributed by atoms with Gasteiger partial charge in [-0.15, -0.1) is 0 Å². The average molecular weight is 275 g/mol. The van der Waals surface area contributed by atoms with Crippen LogP contribution in [0, 0.1) is 6.92 Å². The number of carbonyl (C=O) groups is 1. The van der Waals surface area contributed by atoms with Gasteiger partial charge in [0, 0.05) is 24.6 Å². The highest BCUT2D eigenvalue weighted by molar-refractivity contribution is 7.99. The summed E-state index contributed by atoms with van der Waals surface area (Å²) in [7, 11) is 0. The monoisotopic (exact) mass is 275 g/mol. The van der Waals surface area contributed by atoms with Gasteiger partial charge >= 0.3 is 0 Å². The summed E-state index contributed by atoms with van der Waals surface area (Å²) in [5, 5.41) is 3.79. The Hall–Kier alpha value is -1.75. The summed E-state index contributed by atoms with van der Waals surface area (Å²) in [5.74, 6) is 0.357. The predicted molar refractivity (Wildman–Crippen MR) is 78.4 cm³/mol. The smallest absolute Gasteiger partial charge is 0.234 e. The molecule has 0 bridgehead atoms. The molecule has 0 saturated carbocycles. The van der Waals surface area contributed by atoms with E-state index in [1.807, 2.05) is 42.0 Å². The fourth-order valence-corrected chi connectivity index (χ4v) is 2.53. The second kappa shape index (κ2) is 6.43. The minimum Gasteiger partial charge on any atom is -0.326 e. The number of benzene rings is 1. The second-order valence-corrected chi connectivity index (χ2v) is 5.09. The molecule has 1 N–H and O–H groups in total. The molecule has 1 aromatic heterocycles. The zero-order chi connectivity index (χ0) is 13.7. The molecule has 0 aliphatic heterocycles. The molecule has 0 aliphatic rings. The molecule has 1 aromatic carbocycles. The molecule has 1 heterocycles. The van der Waals surface area contributed by atoms with Crippen molar-refractivity contribution in [1.29, 1.82) is 0 Å². The lowest BCUT2D eigenvalue weighted by atomic mass is 10.2. The van der Waals surface area contributed by atoms with E-state index in [4.69, 9.17) is 0 Å². The first-order valence-electron chi connectivity index (χ1n) is 6.20. The number of carbonyl (C=O) groups excluding carboxylic acids is 1. The number of rotatable bonds is 5. The number of nitrogens with zero attached hydrogens (tertiary/aromatic N) is 2. The number of imidazole rings is 1. The van der Waals surface area contributed by atoms with Crippen molar-refractivity contribution in [3.8, 4) is 0 Å². The molecule has 0 radical (unpaired) electrons. The largest absolute Gasteiger partial charge is 0.326 e. The van der Waals surface area contributed by atoms with Gasteiger partial charge in [-0.1, -0.05) is 30.0 Å². The van der Waals surface area contributed by atoms with E-state index in [9.17, 15) is 4.79 Å². The van der Waals surface area contributed by atoms with Crippen molar-refractivity contribution in [2.45, 2.75) is 25.5 Å². The number of hydrogen-bond donors (Lipinski definition) is 1. The number of para-hydroxylation sites is 1. The standard InChI is InChI=1S/C14H17N3OS/c1-3-17-9-8-15-14(17)19-10-13(18)16-12-7-5-4-6-11(12)2/h4-9H,3,10H2,1-2H3,(H,16,18). The van der Waals surface area contributed by atoms with Gasteiger partial charge < -0.3 is 9.88 Å². The van der Waals surface area contributed by atoms with Gasteiger partial charge in [-0.2, -0.15) is 0 Å². The Balaban J connectivity index is 1.90. The summed E-state index contributed by atoms with van der Waals surface area (Å²) in [6.07, 6.45) is 3.67. The first-order chi connectivity index (χ1) is 9.20. The lowest BCUT2D eigenvalue weighted by Gasteiger charge is -2.08. The van der Waals surface area contributed by atoms with Crippen LogP contribution >= 0.6 is 11.8 Å². The highest BCUT2D eigenvalue weighted by atomic mass is 32.2. The van der Waals surface area contributed by atoms with Gasteiger partial charge in [-0.3, -0.25) is 4.79 Å². The molecule has 0 aliphatic carbocycles. The van der Waals surface area contributed by atoms with Crippen LogP contribution in [0.1, 0.15) is 12.5 Å². The quantitative estimate of drug-likeness (QED) is 0.853. The summed E-state index contributed by atoms with van der Waals surface area (Å²) < 4.78 is 2.02. The molecular weight excluding hydrogens is 258 g/mol. The van der Waals surface area contributed by atoms with E-state index in [-0.39, 0.29) is 5.91 Å². The van der Waals surface area contributed by atoms with Gasteiger partial charge in [0.25, 0.3) is 0 Å². The molecule has 0 atom stereocenters. The van der Waals surface area contributed by atoms with Crippen LogP contribution in [-0.2, 0) is 11.3 Å². The van der Waals surface area contributed by atoms with Crippen LogP contribution in [0.3, 0.4) is 0 Å². The molecule has 4 nitrogen and oxygen atoms in total. The summed E-state index contributed by atoms with van der Waals surface area (Å²) in [6, 6.07) is 7.76.